The van der Waals surface area contributed by atoms with Crippen molar-refractivity contribution in [3.8, 4) is 111 Å². The van der Waals surface area contributed by atoms with Gasteiger partial charge >= 0.3 is 0 Å². The molecule has 15 aromatic carbocycles. The van der Waals surface area contributed by atoms with Crippen LogP contribution in [0.15, 0.2) is 255 Å². The zero-order valence-corrected chi connectivity index (χ0v) is 42.0. The fourth-order valence-corrected chi connectivity index (χ4v) is 14.0. The van der Waals surface area contributed by atoms with Crippen LogP contribution in [0.5, 0.6) is 0 Å². The number of hydrogen-bond donors (Lipinski definition) is 0. The molecule has 360 valence electrons. The highest BCUT2D eigenvalue weighted by Gasteiger charge is 2.35. The summed E-state index contributed by atoms with van der Waals surface area (Å²) in [6.45, 7) is 0. The summed E-state index contributed by atoms with van der Waals surface area (Å²) in [6, 6.07) is 90.2. The van der Waals surface area contributed by atoms with Gasteiger partial charge in [-0.05, 0) is 200 Å². The molecule has 0 amide bonds. The van der Waals surface area contributed by atoms with Crippen molar-refractivity contribution >= 4 is 64.6 Å². The highest BCUT2D eigenvalue weighted by molar-refractivity contribution is 6.42. The van der Waals surface area contributed by atoms with E-state index in [1.54, 1.807) is 0 Å². The second-order valence-corrected chi connectivity index (χ2v) is 21.1. The molecule has 0 aromatic heterocycles. The molecular weight excluding hydrogens is 951 g/mol. The molecule has 0 heterocycles. The summed E-state index contributed by atoms with van der Waals surface area (Å²) in [5.74, 6) is -0.475. The van der Waals surface area contributed by atoms with Crippen LogP contribution in [0.4, 0.5) is 8.78 Å². The van der Waals surface area contributed by atoms with Crippen LogP contribution < -0.4 is 0 Å². The molecule has 0 bridgehead atoms. The maximum absolute atomic E-state index is 14.0. The molecular formula is C76H42F2. The minimum absolute atomic E-state index is 0.237. The monoisotopic (exact) mass is 992 g/mol. The highest BCUT2D eigenvalue weighted by Crippen LogP contribution is 2.63. The van der Waals surface area contributed by atoms with Gasteiger partial charge in [0.2, 0.25) is 0 Å². The third-order valence-corrected chi connectivity index (χ3v) is 17.2. The van der Waals surface area contributed by atoms with Crippen LogP contribution in [-0.2, 0) is 0 Å². The van der Waals surface area contributed by atoms with Crippen molar-refractivity contribution in [2.24, 2.45) is 0 Å². The fourth-order valence-electron chi connectivity index (χ4n) is 14.0. The third-order valence-electron chi connectivity index (χ3n) is 17.2. The molecule has 0 saturated heterocycles. The Morgan fingerprint density at radius 3 is 0.667 bits per heavy atom. The van der Waals surface area contributed by atoms with Crippen LogP contribution in [0.3, 0.4) is 0 Å². The molecule has 2 heteroatoms. The van der Waals surface area contributed by atoms with E-state index in [2.05, 4.69) is 206 Å². The predicted molar refractivity (Wildman–Crippen MR) is 324 cm³/mol. The maximum atomic E-state index is 14.0. The summed E-state index contributed by atoms with van der Waals surface area (Å²) >= 11 is 0. The first-order valence-corrected chi connectivity index (χ1v) is 26.8. The predicted octanol–water partition coefficient (Wildman–Crippen LogP) is 21.6. The van der Waals surface area contributed by atoms with Crippen LogP contribution in [0, 0.1) is 11.6 Å². The van der Waals surface area contributed by atoms with E-state index in [0.29, 0.717) is 0 Å². The topological polar surface area (TPSA) is 0 Å². The third kappa shape index (κ3) is 5.97. The van der Waals surface area contributed by atoms with Crippen molar-refractivity contribution in [2.45, 2.75) is 0 Å². The highest BCUT2D eigenvalue weighted by atomic mass is 19.1. The second kappa shape index (κ2) is 16.2. The summed E-state index contributed by atoms with van der Waals surface area (Å²) in [6.07, 6.45) is 0. The van der Waals surface area contributed by atoms with Gasteiger partial charge in [-0.15, -0.1) is 0 Å². The Morgan fingerprint density at radius 1 is 0.154 bits per heavy atom. The quantitative estimate of drug-likeness (QED) is 0.115. The summed E-state index contributed by atoms with van der Waals surface area (Å²) < 4.78 is 28.1. The van der Waals surface area contributed by atoms with Crippen molar-refractivity contribution in [1.29, 1.82) is 0 Å². The van der Waals surface area contributed by atoms with Gasteiger partial charge in [0.1, 0.15) is 11.6 Å². The van der Waals surface area contributed by atoms with Crippen molar-refractivity contribution < 1.29 is 8.78 Å². The van der Waals surface area contributed by atoms with Crippen molar-refractivity contribution in [3.05, 3.63) is 266 Å². The lowest BCUT2D eigenvalue weighted by Gasteiger charge is -2.20. The molecule has 2 aliphatic carbocycles. The van der Waals surface area contributed by atoms with Gasteiger partial charge in [0.25, 0.3) is 0 Å². The zero-order valence-electron chi connectivity index (χ0n) is 42.0. The molecule has 0 atom stereocenters. The Hall–Kier alpha value is -10.0. The fraction of sp³-hybridized carbons (Fsp3) is 0. The van der Waals surface area contributed by atoms with E-state index in [1.165, 1.54) is 167 Å². The average Bonchev–Trinajstić information content (AvgIpc) is 4.09. The number of halogens is 2. The van der Waals surface area contributed by atoms with Gasteiger partial charge in [0.15, 0.2) is 0 Å². The standard InChI is InChI=1S/C76H42F2/c77-51-31-27-45(28-32-51)43-19-23-49(24-20-43)67-55-17-9-7-15-53(55)65(47-11-3-1-4-12-47)73-61-39-35-57-60-38-42-64-72-62(40-36-58(70(60)72)59-37-41-63(75(67)73)71(61)69(57)59)74-66(48-13-5-2-6-14-48)54-16-8-10-18-56(54)68(76(64)74)50-25-21-44(22-26-50)46-29-33-52(78)34-30-46/h1-42H. The first-order chi connectivity index (χ1) is 38.6. The molecule has 15 aromatic rings. The number of benzene rings is 15. The number of hydrogen-bond acceptors (Lipinski definition) is 0. The Labute approximate surface area is 448 Å². The molecule has 0 nitrogen and oxygen atoms in total. The molecule has 78 heavy (non-hydrogen) atoms. The van der Waals surface area contributed by atoms with Gasteiger partial charge < -0.3 is 0 Å². The molecule has 17 rings (SSSR count). The summed E-state index contributed by atoms with van der Waals surface area (Å²) in [7, 11) is 0. The maximum Gasteiger partial charge on any atom is 0.123 e. The smallest absolute Gasteiger partial charge is 0.123 e. The molecule has 2 aliphatic rings. The molecule has 0 saturated carbocycles. The van der Waals surface area contributed by atoms with Gasteiger partial charge in [-0.25, -0.2) is 8.78 Å². The molecule has 0 N–H and O–H groups in total. The molecule has 0 unspecified atom stereocenters. The van der Waals surface area contributed by atoms with Gasteiger partial charge in [-0.2, -0.15) is 0 Å². The molecule has 0 aliphatic heterocycles. The van der Waals surface area contributed by atoms with E-state index in [0.717, 1.165) is 33.4 Å². The second-order valence-electron chi connectivity index (χ2n) is 21.1. The van der Waals surface area contributed by atoms with E-state index >= 15 is 0 Å². The van der Waals surface area contributed by atoms with Gasteiger partial charge in [0, 0.05) is 0 Å². The van der Waals surface area contributed by atoms with Crippen molar-refractivity contribution in [2.75, 3.05) is 0 Å². The Bertz CT molecular complexity index is 4680. The van der Waals surface area contributed by atoms with Crippen LogP contribution >= 0.6 is 0 Å². The minimum Gasteiger partial charge on any atom is -0.207 e. The van der Waals surface area contributed by atoms with Crippen LogP contribution in [0.25, 0.3) is 176 Å². The zero-order chi connectivity index (χ0) is 51.3. The van der Waals surface area contributed by atoms with Gasteiger partial charge in [-0.1, -0.05) is 231 Å². The SMILES string of the molecule is Fc1ccc(-c2ccc(-c3c4c(c(-c5ccccc5)c5ccccc35)-c3ccc5c6ccc7c8c(ccc(c9ccc-4c3c59)c86)-c3c-7c(-c4ccc(-c5ccc(F)cc5)cc4)c4ccccc4c3-c3ccccc3)cc2)cc1. The summed E-state index contributed by atoms with van der Waals surface area (Å²) in [4.78, 5) is 0. The first kappa shape index (κ1) is 43.2. The van der Waals surface area contributed by atoms with Crippen molar-refractivity contribution in [1.82, 2.24) is 0 Å². The average molecular weight is 993 g/mol. The van der Waals surface area contributed by atoms with Crippen LogP contribution in [-0.4, -0.2) is 0 Å². The van der Waals surface area contributed by atoms with Crippen molar-refractivity contribution in [3.63, 3.8) is 0 Å². The van der Waals surface area contributed by atoms with Gasteiger partial charge in [-0.3, -0.25) is 0 Å². The molecule has 0 radical (unpaired) electrons. The van der Waals surface area contributed by atoms with E-state index in [9.17, 15) is 8.78 Å². The summed E-state index contributed by atoms with van der Waals surface area (Å²) in [5.41, 5.74) is 23.7. The first-order valence-electron chi connectivity index (χ1n) is 26.8. The van der Waals surface area contributed by atoms with E-state index in [-0.39, 0.29) is 11.6 Å². The molecule has 0 fully saturated rings. The van der Waals surface area contributed by atoms with Crippen LogP contribution in [0.2, 0.25) is 0 Å². The van der Waals surface area contributed by atoms with Crippen LogP contribution in [0.1, 0.15) is 0 Å². The van der Waals surface area contributed by atoms with E-state index in [4.69, 9.17) is 0 Å². The molecule has 0 spiro atoms. The lowest BCUT2D eigenvalue weighted by molar-refractivity contribution is 0.627. The van der Waals surface area contributed by atoms with Gasteiger partial charge in [0.05, 0.1) is 0 Å². The number of fused-ring (bicyclic) bond motifs is 10. The Morgan fingerprint density at radius 2 is 0.385 bits per heavy atom. The lowest BCUT2D eigenvalue weighted by atomic mass is 9.82. The lowest BCUT2D eigenvalue weighted by Crippen LogP contribution is -1.93. The normalized spacial score (nSPS) is 12.2. The largest absolute Gasteiger partial charge is 0.207 e. The Balaban J connectivity index is 0.936. The number of rotatable bonds is 6. The van der Waals surface area contributed by atoms with E-state index < -0.39 is 0 Å². The summed E-state index contributed by atoms with van der Waals surface area (Å²) in [5, 5.41) is 15.1. The Kier molecular flexibility index (Phi) is 9.01. The van der Waals surface area contributed by atoms with E-state index in [1.807, 2.05) is 24.3 Å². The minimum atomic E-state index is -0.237.